The van der Waals surface area contributed by atoms with Crippen molar-refractivity contribution in [3.8, 4) is 0 Å². The number of aliphatic hydroxyl groups is 2. The first-order valence-electron chi connectivity index (χ1n) is 5.59. The molecule has 1 saturated carbocycles. The molecule has 16 heavy (non-hydrogen) atoms. The molecule has 1 fully saturated rings. The lowest BCUT2D eigenvalue weighted by molar-refractivity contribution is -0.146. The van der Waals surface area contributed by atoms with Crippen LogP contribution in [-0.4, -0.2) is 42.3 Å². The van der Waals surface area contributed by atoms with Crippen LogP contribution in [0.5, 0.6) is 0 Å². The normalized spacial score (nSPS) is 41.8. The van der Waals surface area contributed by atoms with Crippen LogP contribution in [0.25, 0.3) is 0 Å². The van der Waals surface area contributed by atoms with Gasteiger partial charge in [-0.2, -0.15) is 0 Å². The topological polar surface area (TPSA) is 79.1 Å². The van der Waals surface area contributed by atoms with Crippen molar-refractivity contribution >= 4 is 12.2 Å². The zero-order chi connectivity index (χ0) is 11.7. The summed E-state index contributed by atoms with van der Waals surface area (Å²) in [5, 5.41) is 19.0. The van der Waals surface area contributed by atoms with Crippen LogP contribution < -0.4 is 0 Å². The Kier molecular flexibility index (Phi) is 3.25. The van der Waals surface area contributed by atoms with Crippen molar-refractivity contribution in [3.05, 3.63) is 0 Å². The minimum Gasteiger partial charge on any atom is -0.469 e. The summed E-state index contributed by atoms with van der Waals surface area (Å²) in [6.07, 6.45) is 2.38. The van der Waals surface area contributed by atoms with E-state index < -0.39 is 6.23 Å². The number of aliphatic imine (C=N–C) groups is 1. The molecule has 2 aliphatic rings. The predicted molar refractivity (Wildman–Crippen MR) is 56.8 cm³/mol. The molecule has 2 unspecified atom stereocenters. The van der Waals surface area contributed by atoms with Crippen molar-refractivity contribution < 1.29 is 19.7 Å². The Labute approximate surface area is 94.1 Å². The van der Waals surface area contributed by atoms with Crippen LogP contribution in [-0.2, 0) is 9.53 Å². The van der Waals surface area contributed by atoms with Gasteiger partial charge in [0.05, 0.1) is 13.0 Å². The second-order valence-corrected chi connectivity index (χ2v) is 4.52. The lowest BCUT2D eigenvalue weighted by atomic mass is 9.78. The standard InChI is InChI=1S/C11H17NO4/c1-16-11(15)8-4-12-10(14)9-6(5-13)2-3-7(8)9/h4,6-10,13-14H,2-3,5H2,1H3/t6?,7-,8?,9-,10+/m1/s1. The number of ether oxygens (including phenoxy) is 1. The fourth-order valence-corrected chi connectivity index (χ4v) is 3.00. The highest BCUT2D eigenvalue weighted by Gasteiger charge is 2.47. The average molecular weight is 227 g/mol. The van der Waals surface area contributed by atoms with Crippen molar-refractivity contribution in [2.75, 3.05) is 13.7 Å². The van der Waals surface area contributed by atoms with E-state index in [0.717, 1.165) is 12.8 Å². The monoisotopic (exact) mass is 227 g/mol. The lowest BCUT2D eigenvalue weighted by Gasteiger charge is -2.33. The van der Waals surface area contributed by atoms with Crippen molar-refractivity contribution in [1.82, 2.24) is 0 Å². The van der Waals surface area contributed by atoms with Crippen LogP contribution in [0.4, 0.5) is 0 Å². The van der Waals surface area contributed by atoms with Crippen LogP contribution >= 0.6 is 0 Å². The molecule has 0 aromatic rings. The summed E-state index contributed by atoms with van der Waals surface area (Å²) in [6.45, 7) is 0.0433. The summed E-state index contributed by atoms with van der Waals surface area (Å²) in [4.78, 5) is 15.5. The highest BCUT2D eigenvalue weighted by atomic mass is 16.5. The van der Waals surface area contributed by atoms with Gasteiger partial charge in [0.25, 0.3) is 0 Å². The van der Waals surface area contributed by atoms with E-state index in [4.69, 9.17) is 4.74 Å². The first-order valence-corrected chi connectivity index (χ1v) is 5.59. The van der Waals surface area contributed by atoms with E-state index in [9.17, 15) is 15.0 Å². The number of methoxy groups -OCH3 is 1. The summed E-state index contributed by atoms with van der Waals surface area (Å²) >= 11 is 0. The minimum atomic E-state index is -0.787. The van der Waals surface area contributed by atoms with Gasteiger partial charge < -0.3 is 14.9 Å². The Bertz CT molecular complexity index is 304. The number of carbonyl (C=O) groups excluding carboxylic acids is 1. The third-order valence-electron chi connectivity index (χ3n) is 3.82. The van der Waals surface area contributed by atoms with Gasteiger partial charge in [-0.25, -0.2) is 0 Å². The van der Waals surface area contributed by atoms with Crippen LogP contribution in [0, 0.1) is 23.7 Å². The molecule has 0 saturated heterocycles. The van der Waals surface area contributed by atoms with Gasteiger partial charge in [-0.1, -0.05) is 0 Å². The lowest BCUT2D eigenvalue weighted by Crippen LogP contribution is -2.40. The first-order chi connectivity index (χ1) is 7.69. The fraction of sp³-hybridized carbons (Fsp3) is 0.818. The molecule has 0 aromatic carbocycles. The zero-order valence-electron chi connectivity index (χ0n) is 9.24. The molecule has 5 heteroatoms. The molecule has 1 aliphatic heterocycles. The number of rotatable bonds is 2. The highest BCUT2D eigenvalue weighted by molar-refractivity contribution is 5.90. The van der Waals surface area contributed by atoms with Crippen LogP contribution in [0.15, 0.2) is 4.99 Å². The number of hydrogen-bond donors (Lipinski definition) is 2. The molecule has 5 nitrogen and oxygen atoms in total. The number of fused-ring (bicyclic) bond motifs is 1. The van der Waals surface area contributed by atoms with Crippen molar-refractivity contribution in [2.45, 2.75) is 19.1 Å². The number of aliphatic hydroxyl groups excluding tert-OH is 2. The van der Waals surface area contributed by atoms with E-state index in [0.29, 0.717) is 0 Å². The Hall–Kier alpha value is -0.940. The molecule has 0 bridgehead atoms. The molecular formula is C11H17NO4. The largest absolute Gasteiger partial charge is 0.469 e. The van der Waals surface area contributed by atoms with E-state index in [-0.39, 0.29) is 36.2 Å². The fourth-order valence-electron chi connectivity index (χ4n) is 3.00. The van der Waals surface area contributed by atoms with Crippen molar-refractivity contribution in [2.24, 2.45) is 28.7 Å². The summed E-state index contributed by atoms with van der Waals surface area (Å²) in [5.74, 6) is -0.681. The molecule has 0 aromatic heterocycles. The van der Waals surface area contributed by atoms with E-state index in [1.54, 1.807) is 0 Å². The number of hydrogen-bond acceptors (Lipinski definition) is 5. The number of carbonyl (C=O) groups is 1. The SMILES string of the molecule is COC(=O)C1C=N[C@@H](O)[C@@H]2C(CO)CC[C@H]12. The Morgan fingerprint density at radius 1 is 1.56 bits per heavy atom. The quantitative estimate of drug-likeness (QED) is 0.641. The molecular weight excluding hydrogens is 210 g/mol. The zero-order valence-corrected chi connectivity index (χ0v) is 9.24. The second-order valence-electron chi connectivity index (χ2n) is 4.52. The van der Waals surface area contributed by atoms with Crippen molar-refractivity contribution in [3.63, 3.8) is 0 Å². The van der Waals surface area contributed by atoms with E-state index >= 15 is 0 Å². The van der Waals surface area contributed by atoms with Gasteiger partial charge in [0, 0.05) is 18.7 Å². The van der Waals surface area contributed by atoms with Gasteiger partial charge in [0.15, 0.2) is 0 Å². The van der Waals surface area contributed by atoms with E-state index in [1.165, 1.54) is 13.3 Å². The highest BCUT2D eigenvalue weighted by Crippen LogP contribution is 2.45. The molecule has 2 rings (SSSR count). The van der Waals surface area contributed by atoms with Crippen LogP contribution in [0.2, 0.25) is 0 Å². The molecule has 5 atom stereocenters. The Morgan fingerprint density at radius 2 is 2.31 bits per heavy atom. The van der Waals surface area contributed by atoms with Crippen LogP contribution in [0.1, 0.15) is 12.8 Å². The van der Waals surface area contributed by atoms with Gasteiger partial charge in [-0.3, -0.25) is 9.79 Å². The third-order valence-corrected chi connectivity index (χ3v) is 3.82. The molecule has 2 N–H and O–H groups in total. The van der Waals surface area contributed by atoms with Gasteiger partial charge in [-0.15, -0.1) is 0 Å². The second kappa shape index (κ2) is 4.51. The van der Waals surface area contributed by atoms with Crippen LogP contribution in [0.3, 0.4) is 0 Å². The number of esters is 1. The van der Waals surface area contributed by atoms with Crippen molar-refractivity contribution in [1.29, 1.82) is 0 Å². The van der Waals surface area contributed by atoms with Gasteiger partial charge in [0.1, 0.15) is 6.23 Å². The summed E-state index contributed by atoms with van der Waals surface area (Å²) in [7, 11) is 1.36. The minimum absolute atomic E-state index is 0.0433. The third kappa shape index (κ3) is 1.74. The van der Waals surface area contributed by atoms with E-state index in [1.807, 2.05) is 0 Å². The Morgan fingerprint density at radius 3 is 2.94 bits per heavy atom. The van der Waals surface area contributed by atoms with Gasteiger partial charge >= 0.3 is 5.97 Å². The predicted octanol–water partition coefficient (Wildman–Crippen LogP) is -0.187. The maximum atomic E-state index is 11.6. The summed E-state index contributed by atoms with van der Waals surface area (Å²) in [6, 6.07) is 0. The first kappa shape index (κ1) is 11.5. The number of nitrogens with zero attached hydrogens (tertiary/aromatic N) is 1. The molecule has 90 valence electrons. The Balaban J connectivity index is 2.21. The smallest absolute Gasteiger partial charge is 0.314 e. The summed E-state index contributed by atoms with van der Waals surface area (Å²) in [5.41, 5.74) is 0. The maximum absolute atomic E-state index is 11.6. The molecule has 1 aliphatic carbocycles. The maximum Gasteiger partial charge on any atom is 0.314 e. The molecule has 0 amide bonds. The van der Waals surface area contributed by atoms with Gasteiger partial charge in [-0.05, 0) is 24.7 Å². The van der Waals surface area contributed by atoms with E-state index in [2.05, 4.69) is 4.99 Å². The molecule has 1 heterocycles. The average Bonchev–Trinajstić information content (AvgIpc) is 2.73. The molecule has 0 spiro atoms. The molecule has 0 radical (unpaired) electrons. The summed E-state index contributed by atoms with van der Waals surface area (Å²) < 4.78 is 4.73. The van der Waals surface area contributed by atoms with Gasteiger partial charge in [0.2, 0.25) is 0 Å².